The molecule has 0 saturated heterocycles. The van der Waals surface area contributed by atoms with Gasteiger partial charge in [-0.25, -0.2) is 9.13 Å². The third-order valence-corrected chi connectivity index (χ3v) is 19.3. The van der Waals surface area contributed by atoms with Crippen molar-refractivity contribution in [3.63, 3.8) is 0 Å². The van der Waals surface area contributed by atoms with Crippen molar-refractivity contribution >= 4 is 39.5 Å². The lowest BCUT2D eigenvalue weighted by Crippen LogP contribution is -2.30. The number of rotatable bonds is 71. The Morgan fingerprint density at radius 1 is 0.301 bits per heavy atom. The Morgan fingerprint density at radius 2 is 0.516 bits per heavy atom. The first kappa shape index (κ1) is 91.1. The van der Waals surface area contributed by atoms with E-state index in [-0.39, 0.29) is 25.7 Å². The molecule has 0 rings (SSSR count). The number of phosphoric acid groups is 2. The predicted molar refractivity (Wildman–Crippen MR) is 377 cm³/mol. The summed E-state index contributed by atoms with van der Waals surface area (Å²) >= 11 is 0. The van der Waals surface area contributed by atoms with E-state index < -0.39 is 97.5 Å². The van der Waals surface area contributed by atoms with E-state index in [0.717, 1.165) is 114 Å². The molecule has 0 saturated carbocycles. The summed E-state index contributed by atoms with van der Waals surface area (Å²) in [5, 5.41) is 10.6. The van der Waals surface area contributed by atoms with Gasteiger partial charge in [0.15, 0.2) is 12.2 Å². The maximum Gasteiger partial charge on any atom is 0.472 e. The summed E-state index contributed by atoms with van der Waals surface area (Å²) in [5.74, 6) is 0.862. The van der Waals surface area contributed by atoms with Gasteiger partial charge in [0, 0.05) is 25.7 Å². The molecule has 0 radical (unpaired) electrons. The van der Waals surface area contributed by atoms with Crippen LogP contribution in [0.25, 0.3) is 0 Å². The third kappa shape index (κ3) is 67.0. The van der Waals surface area contributed by atoms with Crippen LogP contribution >= 0.6 is 15.6 Å². The number of hydrogen-bond acceptors (Lipinski definition) is 15. The minimum Gasteiger partial charge on any atom is -0.462 e. The SMILES string of the molecule is CCC(C)CCCCCCCCC(=O)O[C@H](COC(=O)CCCCCCCCCCCCCCC(C)C)COP(=O)(O)OCC(O)COP(=O)(O)OC[C@@H](COC(=O)CCCCCCCCC(C)C)OC(=O)CCCCCCCCCCCCCCCCCCC(C)C. The second-order valence-corrected chi connectivity index (χ2v) is 31.3. The minimum atomic E-state index is -4.95. The molecule has 6 atom stereocenters. The van der Waals surface area contributed by atoms with Crippen molar-refractivity contribution in [3.05, 3.63) is 0 Å². The highest BCUT2D eigenvalue weighted by molar-refractivity contribution is 7.47. The lowest BCUT2D eigenvalue weighted by molar-refractivity contribution is -0.161. The van der Waals surface area contributed by atoms with Crippen molar-refractivity contribution in [2.24, 2.45) is 23.7 Å². The topological polar surface area (TPSA) is 237 Å². The van der Waals surface area contributed by atoms with Crippen LogP contribution in [0.3, 0.4) is 0 Å². The number of aliphatic hydroxyl groups is 1. The lowest BCUT2D eigenvalue weighted by Gasteiger charge is -2.21. The van der Waals surface area contributed by atoms with Crippen LogP contribution in [-0.2, 0) is 65.4 Å². The van der Waals surface area contributed by atoms with Gasteiger partial charge in [0.05, 0.1) is 26.4 Å². The molecule has 0 fully saturated rings. The van der Waals surface area contributed by atoms with E-state index >= 15 is 0 Å². The van der Waals surface area contributed by atoms with Crippen molar-refractivity contribution in [2.45, 2.75) is 388 Å². The number of phosphoric ester groups is 2. The monoisotopic (exact) mass is 1370 g/mol. The summed E-state index contributed by atoms with van der Waals surface area (Å²) in [6.07, 6.45) is 47.5. The second-order valence-electron chi connectivity index (χ2n) is 28.4. The molecule has 3 N–H and O–H groups in total. The van der Waals surface area contributed by atoms with Gasteiger partial charge in [-0.05, 0) is 49.4 Å². The molecule has 0 aliphatic rings. The van der Waals surface area contributed by atoms with Crippen LogP contribution in [0.4, 0.5) is 0 Å². The largest absolute Gasteiger partial charge is 0.472 e. The first-order chi connectivity index (χ1) is 44.6. The van der Waals surface area contributed by atoms with E-state index in [2.05, 4.69) is 55.4 Å². The predicted octanol–water partition coefficient (Wildman–Crippen LogP) is 21.3. The quantitative estimate of drug-likeness (QED) is 0.0222. The molecule has 0 aromatic carbocycles. The molecule has 0 bridgehead atoms. The molecule has 0 heterocycles. The number of unbranched alkanes of at least 4 members (excludes halogenated alkanes) is 36. The van der Waals surface area contributed by atoms with Gasteiger partial charge >= 0.3 is 39.5 Å². The molecular formula is C74H144O17P2. The maximum atomic E-state index is 13.0. The average molecular weight is 1370 g/mol. The number of esters is 4. The van der Waals surface area contributed by atoms with Gasteiger partial charge in [0.2, 0.25) is 0 Å². The number of hydrogen-bond donors (Lipinski definition) is 3. The van der Waals surface area contributed by atoms with Gasteiger partial charge < -0.3 is 33.8 Å². The van der Waals surface area contributed by atoms with Crippen LogP contribution < -0.4 is 0 Å². The fourth-order valence-corrected chi connectivity index (χ4v) is 12.7. The number of carbonyl (C=O) groups is 4. The molecule has 19 heteroatoms. The molecule has 4 unspecified atom stereocenters. The standard InChI is InChI=1S/C74H144O17P2/c1-9-67(8)53-45-37-31-33-41-49-57-74(79)91-70(60-84-71(76)54-46-38-28-24-20-17-16-19-23-27-35-43-51-65(4)5)63-89-93(82,83)87-59-68(75)58-86-92(80,81)88-62-69(61-85-72(77)55-47-39-32-30-36-44-52-66(6)7)90-73(78)56-48-40-29-25-21-15-13-11-10-12-14-18-22-26-34-42-50-64(2)3/h64-70,75H,9-63H2,1-8H3,(H,80,81)(H,82,83)/t67?,68?,69-,70-/m1/s1. The van der Waals surface area contributed by atoms with Crippen molar-refractivity contribution in [2.75, 3.05) is 39.6 Å². The second kappa shape index (κ2) is 63.5. The maximum absolute atomic E-state index is 13.0. The molecule has 0 aliphatic heterocycles. The Kier molecular flexibility index (Phi) is 62.2. The average Bonchev–Trinajstić information content (AvgIpc) is 2.87. The molecule has 0 spiro atoms. The van der Waals surface area contributed by atoms with Crippen molar-refractivity contribution in [1.29, 1.82) is 0 Å². The molecular weight excluding hydrogens is 1220 g/mol. The minimum absolute atomic E-state index is 0.103. The normalized spacial score (nSPS) is 14.5. The third-order valence-electron chi connectivity index (χ3n) is 17.4. The number of carbonyl (C=O) groups excluding carboxylic acids is 4. The molecule has 552 valence electrons. The molecule has 0 aliphatic carbocycles. The summed E-state index contributed by atoms with van der Waals surface area (Å²) in [4.78, 5) is 72.6. The highest BCUT2D eigenvalue weighted by atomic mass is 31.2. The zero-order valence-electron chi connectivity index (χ0n) is 60.9. The molecule has 93 heavy (non-hydrogen) atoms. The van der Waals surface area contributed by atoms with Gasteiger partial charge in [0.25, 0.3) is 0 Å². The van der Waals surface area contributed by atoms with E-state index in [1.807, 2.05) is 0 Å². The number of ether oxygens (including phenoxy) is 4. The first-order valence-electron chi connectivity index (χ1n) is 38.2. The molecule has 0 aromatic heterocycles. The summed E-state index contributed by atoms with van der Waals surface area (Å²) in [6.45, 7) is 14.1. The molecule has 0 amide bonds. The van der Waals surface area contributed by atoms with Gasteiger partial charge in [-0.2, -0.15) is 0 Å². The Hall–Kier alpha value is -1.94. The van der Waals surface area contributed by atoms with Crippen LogP contribution in [-0.4, -0.2) is 96.7 Å². The van der Waals surface area contributed by atoms with E-state index in [0.29, 0.717) is 31.6 Å². The Morgan fingerprint density at radius 3 is 0.763 bits per heavy atom. The Bertz CT molecular complexity index is 1840. The van der Waals surface area contributed by atoms with Gasteiger partial charge in [-0.3, -0.25) is 37.3 Å². The van der Waals surface area contributed by atoms with Crippen LogP contribution in [0.2, 0.25) is 0 Å². The molecule has 0 aromatic rings. The van der Waals surface area contributed by atoms with Crippen LogP contribution in [0.1, 0.15) is 370 Å². The summed E-state index contributed by atoms with van der Waals surface area (Å²) in [6, 6.07) is 0. The zero-order valence-corrected chi connectivity index (χ0v) is 62.7. The van der Waals surface area contributed by atoms with Crippen molar-refractivity contribution < 1.29 is 80.2 Å². The summed E-state index contributed by atoms with van der Waals surface area (Å²) in [5.41, 5.74) is 0. The van der Waals surface area contributed by atoms with Crippen LogP contribution in [0.5, 0.6) is 0 Å². The van der Waals surface area contributed by atoms with Gasteiger partial charge in [-0.1, -0.05) is 319 Å². The fraction of sp³-hybridized carbons (Fsp3) is 0.946. The Balaban J connectivity index is 5.18. The van der Waals surface area contributed by atoms with Crippen molar-refractivity contribution in [1.82, 2.24) is 0 Å². The molecule has 17 nitrogen and oxygen atoms in total. The lowest BCUT2D eigenvalue weighted by atomic mass is 10.00. The van der Waals surface area contributed by atoms with E-state index in [4.69, 9.17) is 37.0 Å². The first-order valence-corrected chi connectivity index (χ1v) is 41.2. The van der Waals surface area contributed by atoms with Gasteiger partial charge in [-0.15, -0.1) is 0 Å². The highest BCUT2D eigenvalue weighted by Crippen LogP contribution is 2.45. The summed E-state index contributed by atoms with van der Waals surface area (Å²) in [7, 11) is -9.91. The van der Waals surface area contributed by atoms with E-state index in [1.54, 1.807) is 0 Å². The Labute approximate surface area is 568 Å². The van der Waals surface area contributed by atoms with Gasteiger partial charge in [0.1, 0.15) is 19.3 Å². The highest BCUT2D eigenvalue weighted by Gasteiger charge is 2.30. The number of aliphatic hydroxyl groups excluding tert-OH is 1. The van der Waals surface area contributed by atoms with Crippen LogP contribution in [0, 0.1) is 23.7 Å². The summed E-state index contributed by atoms with van der Waals surface area (Å²) < 4.78 is 68.4. The fourth-order valence-electron chi connectivity index (χ4n) is 11.2. The van der Waals surface area contributed by atoms with Crippen molar-refractivity contribution in [3.8, 4) is 0 Å². The zero-order chi connectivity index (χ0) is 68.9. The van der Waals surface area contributed by atoms with Crippen LogP contribution in [0.15, 0.2) is 0 Å². The van der Waals surface area contributed by atoms with E-state index in [1.165, 1.54) is 167 Å². The smallest absolute Gasteiger partial charge is 0.462 e. The van der Waals surface area contributed by atoms with E-state index in [9.17, 15) is 43.2 Å².